The fraction of sp³-hybridized carbons (Fsp3) is 0.500. The molecular weight excluding hydrogens is 292 g/mol. The lowest BCUT2D eigenvalue weighted by molar-refractivity contribution is 0.147. The molecule has 0 spiro atoms. The Morgan fingerprint density at radius 3 is 2.87 bits per heavy atom. The van der Waals surface area contributed by atoms with Gasteiger partial charge in [0.2, 0.25) is 5.43 Å². The van der Waals surface area contributed by atoms with Crippen LogP contribution < -0.4 is 5.43 Å². The Kier molecular flexibility index (Phi) is 4.57. The minimum atomic E-state index is -0.308. The van der Waals surface area contributed by atoms with Crippen LogP contribution in [-0.4, -0.2) is 27.2 Å². The molecule has 1 aliphatic rings. The van der Waals surface area contributed by atoms with Gasteiger partial charge in [0.15, 0.2) is 5.75 Å². The molecule has 3 rings (SSSR count). The van der Waals surface area contributed by atoms with Gasteiger partial charge in [-0.05, 0) is 45.4 Å². The summed E-state index contributed by atoms with van der Waals surface area (Å²) in [5, 5.41) is 10.4. The Morgan fingerprint density at radius 2 is 2.17 bits per heavy atom. The molecule has 1 saturated heterocycles. The molecule has 1 aliphatic heterocycles. The first-order valence-electron chi connectivity index (χ1n) is 8.25. The van der Waals surface area contributed by atoms with E-state index in [1.165, 1.54) is 18.9 Å². The van der Waals surface area contributed by atoms with Crippen molar-refractivity contribution < 1.29 is 9.52 Å². The lowest BCUT2D eigenvalue weighted by Crippen LogP contribution is -2.38. The van der Waals surface area contributed by atoms with Crippen LogP contribution in [0.2, 0.25) is 0 Å². The summed E-state index contributed by atoms with van der Waals surface area (Å²) >= 11 is 0. The highest BCUT2D eigenvalue weighted by Gasteiger charge is 2.22. The molecule has 23 heavy (non-hydrogen) atoms. The fourth-order valence-electron chi connectivity index (χ4n) is 3.34. The summed E-state index contributed by atoms with van der Waals surface area (Å²) in [6, 6.07) is 5.71. The van der Waals surface area contributed by atoms with Crippen molar-refractivity contribution in [2.24, 2.45) is 0 Å². The molecule has 0 radical (unpaired) electrons. The Morgan fingerprint density at radius 1 is 1.35 bits per heavy atom. The minimum absolute atomic E-state index is 0.139. The first-order chi connectivity index (χ1) is 11.1. The van der Waals surface area contributed by atoms with E-state index in [-0.39, 0.29) is 11.2 Å². The van der Waals surface area contributed by atoms with Crippen LogP contribution in [0.3, 0.4) is 0 Å². The van der Waals surface area contributed by atoms with Gasteiger partial charge in [-0.1, -0.05) is 6.42 Å². The van der Waals surface area contributed by atoms with Crippen molar-refractivity contribution in [3.05, 3.63) is 51.8 Å². The molecule has 0 bridgehead atoms. The van der Waals surface area contributed by atoms with Crippen molar-refractivity contribution in [3.63, 3.8) is 0 Å². The molecule has 124 valence electrons. The van der Waals surface area contributed by atoms with Crippen molar-refractivity contribution in [1.29, 1.82) is 0 Å². The molecule has 5 nitrogen and oxygen atoms in total. The van der Waals surface area contributed by atoms with Crippen LogP contribution in [0.1, 0.15) is 43.3 Å². The first-order valence-corrected chi connectivity index (χ1v) is 8.25. The van der Waals surface area contributed by atoms with Crippen molar-refractivity contribution in [1.82, 2.24) is 9.47 Å². The maximum absolute atomic E-state index is 12.0. The molecule has 2 aromatic rings. The van der Waals surface area contributed by atoms with Gasteiger partial charge in [-0.3, -0.25) is 9.69 Å². The lowest BCUT2D eigenvalue weighted by Gasteiger charge is -2.34. The van der Waals surface area contributed by atoms with Crippen LogP contribution in [0.25, 0.3) is 0 Å². The number of aromatic nitrogens is 1. The number of likely N-dealkylation sites (tertiary alicyclic amines) is 1. The Hall–Kier alpha value is -2.01. The third-order valence-corrected chi connectivity index (χ3v) is 4.79. The monoisotopic (exact) mass is 316 g/mol. The molecule has 0 aromatic carbocycles. The van der Waals surface area contributed by atoms with Gasteiger partial charge in [0.1, 0.15) is 5.76 Å². The summed E-state index contributed by atoms with van der Waals surface area (Å²) in [6.07, 6.45) is 5.21. The average Bonchev–Trinajstić information content (AvgIpc) is 3.03. The summed E-state index contributed by atoms with van der Waals surface area (Å²) < 4.78 is 7.42. The number of hydrogen-bond donors (Lipinski definition) is 1. The molecular formula is C18H24N2O3. The van der Waals surface area contributed by atoms with E-state index in [9.17, 15) is 9.90 Å². The van der Waals surface area contributed by atoms with Crippen LogP contribution in [-0.2, 0) is 13.1 Å². The number of furan rings is 1. The zero-order valence-corrected chi connectivity index (χ0v) is 13.8. The molecule has 0 saturated carbocycles. The van der Waals surface area contributed by atoms with E-state index < -0.39 is 0 Å². The van der Waals surface area contributed by atoms with E-state index in [1.54, 1.807) is 6.26 Å². The summed E-state index contributed by atoms with van der Waals surface area (Å²) in [6.45, 7) is 6.21. The third kappa shape index (κ3) is 3.34. The number of rotatable bonds is 4. The van der Waals surface area contributed by atoms with E-state index in [2.05, 4.69) is 11.8 Å². The Bertz CT molecular complexity index is 719. The Balaban J connectivity index is 1.97. The highest BCUT2D eigenvalue weighted by atomic mass is 16.3. The number of hydrogen-bond acceptors (Lipinski definition) is 4. The Labute approximate surface area is 136 Å². The van der Waals surface area contributed by atoms with Gasteiger partial charge in [0, 0.05) is 24.3 Å². The van der Waals surface area contributed by atoms with Crippen molar-refractivity contribution in [2.75, 3.05) is 6.54 Å². The molecule has 5 heteroatoms. The molecule has 1 unspecified atom stereocenters. The fourth-order valence-corrected chi connectivity index (χ4v) is 3.34. The molecule has 0 aliphatic carbocycles. The second kappa shape index (κ2) is 6.62. The van der Waals surface area contributed by atoms with Crippen LogP contribution in [0.15, 0.2) is 33.7 Å². The number of nitrogens with zero attached hydrogens (tertiary/aromatic N) is 2. The van der Waals surface area contributed by atoms with Crippen LogP contribution >= 0.6 is 0 Å². The van der Waals surface area contributed by atoms with E-state index in [0.717, 1.165) is 24.4 Å². The maximum Gasteiger partial charge on any atom is 0.223 e. The van der Waals surface area contributed by atoms with Crippen LogP contribution in [0.5, 0.6) is 5.75 Å². The number of piperidine rings is 1. The number of aromatic hydroxyl groups is 1. The maximum atomic E-state index is 12.0. The van der Waals surface area contributed by atoms with E-state index >= 15 is 0 Å². The van der Waals surface area contributed by atoms with Crippen molar-refractivity contribution >= 4 is 0 Å². The second-order valence-electron chi connectivity index (χ2n) is 6.43. The highest BCUT2D eigenvalue weighted by Crippen LogP contribution is 2.23. The first kappa shape index (κ1) is 15.9. The zero-order chi connectivity index (χ0) is 16.4. The number of pyridine rings is 1. The van der Waals surface area contributed by atoms with Crippen LogP contribution in [0.4, 0.5) is 0 Å². The van der Waals surface area contributed by atoms with Gasteiger partial charge >= 0.3 is 0 Å². The van der Waals surface area contributed by atoms with Gasteiger partial charge in [0.05, 0.1) is 18.5 Å². The van der Waals surface area contributed by atoms with Gasteiger partial charge in [-0.15, -0.1) is 0 Å². The number of aryl methyl sites for hydroxylation is 1. The van der Waals surface area contributed by atoms with Gasteiger partial charge < -0.3 is 14.1 Å². The van der Waals surface area contributed by atoms with E-state index in [0.29, 0.717) is 24.8 Å². The SMILES string of the molecule is Cc1cc(=O)c(O)c(CN2CCCCC2C)n1Cc1ccco1. The van der Waals surface area contributed by atoms with Gasteiger partial charge in [-0.25, -0.2) is 0 Å². The van der Waals surface area contributed by atoms with Gasteiger partial charge in [-0.2, -0.15) is 0 Å². The van der Waals surface area contributed by atoms with Crippen LogP contribution in [0, 0.1) is 6.92 Å². The second-order valence-corrected chi connectivity index (χ2v) is 6.43. The quantitative estimate of drug-likeness (QED) is 0.942. The van der Waals surface area contributed by atoms with Crippen molar-refractivity contribution in [3.8, 4) is 5.75 Å². The standard InChI is InChI=1S/C18H24N2O3/c1-13-6-3-4-8-19(13)12-16-18(22)17(21)10-14(2)20(16)11-15-7-5-9-23-15/h5,7,9-10,13,22H,3-4,6,8,11-12H2,1-2H3. The molecule has 0 amide bonds. The average molecular weight is 316 g/mol. The molecule has 1 N–H and O–H groups in total. The normalized spacial score (nSPS) is 19.1. The highest BCUT2D eigenvalue weighted by molar-refractivity contribution is 5.30. The molecule has 1 fully saturated rings. The summed E-state index contributed by atoms with van der Waals surface area (Å²) in [5.74, 6) is 0.670. The zero-order valence-electron chi connectivity index (χ0n) is 13.8. The summed E-state index contributed by atoms with van der Waals surface area (Å²) in [4.78, 5) is 14.4. The van der Waals surface area contributed by atoms with E-state index in [1.807, 2.05) is 23.6 Å². The summed E-state index contributed by atoms with van der Waals surface area (Å²) in [5.41, 5.74) is 1.21. The molecule has 1 atom stereocenters. The minimum Gasteiger partial charge on any atom is -0.503 e. The van der Waals surface area contributed by atoms with Gasteiger partial charge in [0.25, 0.3) is 0 Å². The predicted octanol–water partition coefficient (Wildman–Crippen LogP) is 2.88. The predicted molar refractivity (Wildman–Crippen MR) is 88.6 cm³/mol. The van der Waals surface area contributed by atoms with E-state index in [4.69, 9.17) is 4.42 Å². The van der Waals surface area contributed by atoms with Crippen molar-refractivity contribution in [2.45, 2.75) is 52.2 Å². The lowest BCUT2D eigenvalue weighted by atomic mass is 10.0. The third-order valence-electron chi connectivity index (χ3n) is 4.79. The molecule has 2 aromatic heterocycles. The molecule has 3 heterocycles. The summed E-state index contributed by atoms with van der Waals surface area (Å²) in [7, 11) is 0. The topological polar surface area (TPSA) is 58.6 Å². The smallest absolute Gasteiger partial charge is 0.223 e. The largest absolute Gasteiger partial charge is 0.503 e.